The van der Waals surface area contributed by atoms with E-state index in [-0.39, 0.29) is 23.3 Å². The summed E-state index contributed by atoms with van der Waals surface area (Å²) in [6.45, 7) is 7.89. The van der Waals surface area contributed by atoms with Crippen LogP contribution < -0.4 is 10.9 Å². The molecule has 2 aromatic rings. The molecule has 6 nitrogen and oxygen atoms in total. The molecule has 7 heteroatoms. The number of hydrogen-bond donors (Lipinski definition) is 1. The van der Waals surface area contributed by atoms with Crippen LogP contribution in [0.2, 0.25) is 0 Å². The Kier molecular flexibility index (Phi) is 4.46. The molecule has 118 valence electrons. The number of rotatable bonds is 3. The Labute approximate surface area is 133 Å². The van der Waals surface area contributed by atoms with E-state index in [0.29, 0.717) is 16.4 Å². The molecule has 0 aliphatic heterocycles. The molecule has 0 atom stereocenters. The highest BCUT2D eigenvalue weighted by molar-refractivity contribution is 7.13. The fourth-order valence-corrected chi connectivity index (χ4v) is 2.82. The molecule has 2 aromatic heterocycles. The smallest absolute Gasteiger partial charge is 0.256 e. The van der Waals surface area contributed by atoms with Gasteiger partial charge in [0.1, 0.15) is 0 Å². The molecule has 0 aromatic carbocycles. The van der Waals surface area contributed by atoms with Crippen molar-refractivity contribution in [3.63, 3.8) is 0 Å². The van der Waals surface area contributed by atoms with E-state index in [2.05, 4.69) is 36.1 Å². The molecule has 1 N–H and O–H groups in total. The van der Waals surface area contributed by atoms with Crippen molar-refractivity contribution >= 4 is 22.4 Å². The quantitative estimate of drug-likeness (QED) is 0.938. The van der Waals surface area contributed by atoms with Crippen LogP contribution in [0.1, 0.15) is 37.7 Å². The molecule has 0 spiro atoms. The van der Waals surface area contributed by atoms with E-state index in [1.165, 1.54) is 22.2 Å². The van der Waals surface area contributed by atoms with Crippen molar-refractivity contribution in [3.8, 4) is 0 Å². The fourth-order valence-electron chi connectivity index (χ4n) is 1.86. The van der Waals surface area contributed by atoms with Crippen LogP contribution in [0.15, 0.2) is 16.5 Å². The summed E-state index contributed by atoms with van der Waals surface area (Å²) in [5.41, 5.74) is 1.74. The minimum Gasteiger partial charge on any atom is -0.302 e. The molecule has 0 radical (unpaired) electrons. The summed E-state index contributed by atoms with van der Waals surface area (Å²) in [6.07, 6.45) is 1.49. The summed E-state index contributed by atoms with van der Waals surface area (Å²) >= 11 is 1.40. The molecule has 2 rings (SSSR count). The Morgan fingerprint density at radius 2 is 2.09 bits per heavy atom. The number of amides is 1. The van der Waals surface area contributed by atoms with Crippen LogP contribution in [0, 0.1) is 6.92 Å². The molecule has 0 bridgehead atoms. The maximum atomic E-state index is 12.1. The fraction of sp³-hybridized carbons (Fsp3) is 0.467. The monoisotopic (exact) mass is 320 g/mol. The zero-order valence-electron chi connectivity index (χ0n) is 13.4. The molecule has 22 heavy (non-hydrogen) atoms. The largest absolute Gasteiger partial charge is 0.302 e. The van der Waals surface area contributed by atoms with E-state index in [0.717, 1.165) is 5.69 Å². The van der Waals surface area contributed by atoms with Crippen LogP contribution in [-0.2, 0) is 23.7 Å². The van der Waals surface area contributed by atoms with Gasteiger partial charge in [-0.2, -0.15) is 0 Å². The summed E-state index contributed by atoms with van der Waals surface area (Å²) < 4.78 is 1.40. The van der Waals surface area contributed by atoms with Gasteiger partial charge in [-0.15, -0.1) is 11.3 Å². The normalized spacial score (nSPS) is 11.5. The maximum Gasteiger partial charge on any atom is 0.256 e. The van der Waals surface area contributed by atoms with Crippen molar-refractivity contribution < 1.29 is 4.79 Å². The van der Waals surface area contributed by atoms with E-state index in [9.17, 15) is 9.59 Å². The molecule has 2 heterocycles. The molecule has 0 aliphatic rings. The van der Waals surface area contributed by atoms with Gasteiger partial charge >= 0.3 is 0 Å². The molecular formula is C15H20N4O2S. The molecule has 1 amide bonds. The van der Waals surface area contributed by atoms with Gasteiger partial charge in [-0.1, -0.05) is 20.8 Å². The second-order valence-corrected chi connectivity index (χ2v) is 7.10. The highest BCUT2D eigenvalue weighted by Crippen LogP contribution is 2.26. The number of anilines is 1. The highest BCUT2D eigenvalue weighted by Gasteiger charge is 2.18. The number of thiazole rings is 1. The van der Waals surface area contributed by atoms with Crippen molar-refractivity contribution in [2.45, 2.75) is 39.5 Å². The highest BCUT2D eigenvalue weighted by atomic mass is 32.1. The van der Waals surface area contributed by atoms with Crippen molar-refractivity contribution in [1.29, 1.82) is 0 Å². The third-order valence-electron chi connectivity index (χ3n) is 3.31. The van der Waals surface area contributed by atoms with Gasteiger partial charge in [0.15, 0.2) is 5.13 Å². The van der Waals surface area contributed by atoms with E-state index >= 15 is 0 Å². The molecule has 0 saturated carbocycles. The second kappa shape index (κ2) is 6.00. The van der Waals surface area contributed by atoms with Crippen LogP contribution in [-0.4, -0.2) is 20.4 Å². The minimum atomic E-state index is -0.223. The maximum absolute atomic E-state index is 12.1. The van der Waals surface area contributed by atoms with Gasteiger partial charge < -0.3 is 9.88 Å². The van der Waals surface area contributed by atoms with E-state index < -0.39 is 0 Å². The van der Waals surface area contributed by atoms with Gasteiger partial charge in [-0.25, -0.2) is 9.97 Å². The summed E-state index contributed by atoms with van der Waals surface area (Å²) in [6, 6.07) is 0. The SMILES string of the molecule is Cc1c(CC(=O)Nc2nc(C(C)(C)C)cs2)ncn(C)c1=O. The lowest BCUT2D eigenvalue weighted by Gasteiger charge is -2.14. The Morgan fingerprint density at radius 3 is 2.68 bits per heavy atom. The summed E-state index contributed by atoms with van der Waals surface area (Å²) in [7, 11) is 1.63. The predicted molar refractivity (Wildman–Crippen MR) is 87.4 cm³/mol. The Bertz CT molecular complexity index is 756. The molecule has 0 unspecified atom stereocenters. The second-order valence-electron chi connectivity index (χ2n) is 6.25. The van der Waals surface area contributed by atoms with E-state index in [1.807, 2.05) is 5.38 Å². The first-order chi connectivity index (χ1) is 10.2. The molecule has 0 saturated heterocycles. The average molecular weight is 320 g/mol. The number of aryl methyl sites for hydroxylation is 1. The van der Waals surface area contributed by atoms with E-state index in [1.54, 1.807) is 14.0 Å². The first-order valence-electron chi connectivity index (χ1n) is 6.95. The number of hydrogen-bond acceptors (Lipinski definition) is 5. The Hall–Kier alpha value is -2.02. The summed E-state index contributed by atoms with van der Waals surface area (Å²) in [4.78, 5) is 32.5. The summed E-state index contributed by atoms with van der Waals surface area (Å²) in [5, 5.41) is 5.27. The zero-order chi connectivity index (χ0) is 16.5. The van der Waals surface area contributed by atoms with Crippen LogP contribution in [0.4, 0.5) is 5.13 Å². The van der Waals surface area contributed by atoms with Crippen LogP contribution in [0.3, 0.4) is 0 Å². The van der Waals surface area contributed by atoms with Crippen LogP contribution >= 0.6 is 11.3 Å². The average Bonchev–Trinajstić information content (AvgIpc) is 2.88. The van der Waals surface area contributed by atoms with Gasteiger partial charge in [-0.3, -0.25) is 9.59 Å². The predicted octanol–water partition coefficient (Wildman–Crippen LogP) is 2.02. The number of aromatic nitrogens is 3. The first-order valence-corrected chi connectivity index (χ1v) is 7.83. The Morgan fingerprint density at radius 1 is 1.41 bits per heavy atom. The Balaban J connectivity index is 2.09. The zero-order valence-corrected chi connectivity index (χ0v) is 14.2. The van der Waals surface area contributed by atoms with E-state index in [4.69, 9.17) is 0 Å². The number of carbonyl (C=O) groups is 1. The minimum absolute atomic E-state index is 0.0523. The standard InChI is InChI=1S/C15H20N4O2S/c1-9-10(16-8-19(5)13(9)21)6-12(20)18-14-17-11(7-22-14)15(2,3)4/h7-8H,6H2,1-5H3,(H,17,18,20). The third kappa shape index (κ3) is 3.59. The van der Waals surface area contributed by atoms with Gasteiger partial charge in [0.25, 0.3) is 5.56 Å². The first kappa shape index (κ1) is 16.4. The van der Waals surface area contributed by atoms with Crippen molar-refractivity contribution in [1.82, 2.24) is 14.5 Å². The van der Waals surface area contributed by atoms with Gasteiger partial charge in [-0.05, 0) is 6.92 Å². The molecule has 0 fully saturated rings. The van der Waals surface area contributed by atoms with Crippen LogP contribution in [0.25, 0.3) is 0 Å². The number of nitrogens with zero attached hydrogens (tertiary/aromatic N) is 3. The lowest BCUT2D eigenvalue weighted by molar-refractivity contribution is -0.115. The lowest BCUT2D eigenvalue weighted by Crippen LogP contribution is -2.24. The number of carbonyl (C=O) groups excluding carboxylic acids is 1. The summed E-state index contributed by atoms with van der Waals surface area (Å²) in [5.74, 6) is -0.223. The van der Waals surface area contributed by atoms with Gasteiger partial charge in [0, 0.05) is 23.4 Å². The van der Waals surface area contributed by atoms with Gasteiger partial charge in [0.2, 0.25) is 5.91 Å². The number of nitrogens with one attached hydrogen (secondary N) is 1. The molecular weight excluding hydrogens is 300 g/mol. The third-order valence-corrected chi connectivity index (χ3v) is 4.07. The van der Waals surface area contributed by atoms with Crippen LogP contribution in [0.5, 0.6) is 0 Å². The van der Waals surface area contributed by atoms with Crippen molar-refractivity contribution in [2.24, 2.45) is 7.05 Å². The van der Waals surface area contributed by atoms with Crippen molar-refractivity contribution in [3.05, 3.63) is 39.0 Å². The van der Waals surface area contributed by atoms with Gasteiger partial charge in [0.05, 0.1) is 24.1 Å². The lowest BCUT2D eigenvalue weighted by atomic mass is 9.93. The van der Waals surface area contributed by atoms with Crippen molar-refractivity contribution in [2.75, 3.05) is 5.32 Å². The topological polar surface area (TPSA) is 76.9 Å². The molecule has 0 aliphatic carbocycles.